The highest BCUT2D eigenvalue weighted by Gasteiger charge is 2.24. The quantitative estimate of drug-likeness (QED) is 0.723. The van der Waals surface area contributed by atoms with Gasteiger partial charge in [0.05, 0.1) is 12.5 Å². The summed E-state index contributed by atoms with van der Waals surface area (Å²) in [6.07, 6.45) is -0.943. The number of nitrogens with one attached hydrogen (secondary N) is 1. The van der Waals surface area contributed by atoms with Crippen LogP contribution in [0.3, 0.4) is 0 Å². The van der Waals surface area contributed by atoms with Gasteiger partial charge in [-0.2, -0.15) is 0 Å². The normalized spacial score (nSPS) is 11.2. The summed E-state index contributed by atoms with van der Waals surface area (Å²) in [7, 11) is 0. The molecule has 0 aliphatic carbocycles. The number of rotatable bonds is 4. The van der Waals surface area contributed by atoms with Crippen LogP contribution < -0.4 is 5.32 Å². The predicted molar refractivity (Wildman–Crippen MR) is 51.1 cm³/mol. The summed E-state index contributed by atoms with van der Waals surface area (Å²) in [6, 6.07) is 0. The van der Waals surface area contributed by atoms with E-state index in [1.807, 2.05) is 0 Å². The molecule has 14 heavy (non-hydrogen) atoms. The fourth-order valence-corrected chi connectivity index (χ4v) is 0.942. The van der Waals surface area contributed by atoms with Crippen LogP contribution in [-0.4, -0.2) is 28.8 Å². The summed E-state index contributed by atoms with van der Waals surface area (Å²) >= 11 is 0. The number of carboxylic acid groups (broad SMARTS) is 1. The Morgan fingerprint density at radius 3 is 2.29 bits per heavy atom. The zero-order chi connectivity index (χ0) is 11.4. The van der Waals surface area contributed by atoms with Crippen LogP contribution in [-0.2, 0) is 9.53 Å². The fourth-order valence-electron chi connectivity index (χ4n) is 0.942. The van der Waals surface area contributed by atoms with Crippen molar-refractivity contribution < 1.29 is 19.4 Å². The molecule has 1 amide bonds. The minimum absolute atomic E-state index is 0.139. The lowest BCUT2D eigenvalue weighted by Crippen LogP contribution is -2.45. The number of alkyl carbamates (subject to hydrolysis) is 1. The van der Waals surface area contributed by atoms with E-state index in [-0.39, 0.29) is 12.5 Å². The summed E-state index contributed by atoms with van der Waals surface area (Å²) in [5.41, 5.74) is -0.794. The van der Waals surface area contributed by atoms with E-state index < -0.39 is 17.6 Å². The Labute approximate surface area is 83.4 Å². The van der Waals surface area contributed by atoms with Crippen LogP contribution in [0.2, 0.25) is 0 Å². The minimum atomic E-state index is -0.958. The Bertz CT molecular complexity index is 223. The molecule has 0 aromatic rings. The average Bonchev–Trinajstić information content (AvgIpc) is 1.77. The maximum Gasteiger partial charge on any atom is 0.407 e. The first-order valence-corrected chi connectivity index (χ1v) is 4.43. The van der Waals surface area contributed by atoms with Crippen LogP contribution in [0.15, 0.2) is 0 Å². The van der Waals surface area contributed by atoms with Gasteiger partial charge in [-0.25, -0.2) is 4.79 Å². The summed E-state index contributed by atoms with van der Waals surface area (Å²) in [5, 5.41) is 11.0. The van der Waals surface area contributed by atoms with Crippen molar-refractivity contribution in [1.82, 2.24) is 5.32 Å². The number of ether oxygens (including phenoxy) is 1. The van der Waals surface area contributed by atoms with Crippen LogP contribution in [0.1, 0.15) is 34.1 Å². The molecule has 0 fully saturated rings. The first-order chi connectivity index (χ1) is 6.23. The molecule has 2 N–H and O–H groups in total. The Morgan fingerprint density at radius 2 is 1.93 bits per heavy atom. The van der Waals surface area contributed by atoms with Crippen molar-refractivity contribution in [2.75, 3.05) is 0 Å². The van der Waals surface area contributed by atoms with Gasteiger partial charge in [-0.15, -0.1) is 0 Å². The second-order valence-electron chi connectivity index (χ2n) is 4.03. The fraction of sp³-hybridized carbons (Fsp3) is 0.778. The van der Waals surface area contributed by atoms with Crippen LogP contribution in [0, 0.1) is 0 Å². The Hall–Kier alpha value is -1.26. The van der Waals surface area contributed by atoms with Crippen LogP contribution in [0.25, 0.3) is 0 Å². The van der Waals surface area contributed by atoms with Crippen molar-refractivity contribution in [1.29, 1.82) is 0 Å². The Kier molecular flexibility index (Phi) is 4.40. The Balaban J connectivity index is 4.08. The highest BCUT2D eigenvalue weighted by Crippen LogP contribution is 2.08. The molecule has 0 radical (unpaired) electrons. The molecule has 5 nitrogen and oxygen atoms in total. The Morgan fingerprint density at radius 1 is 1.43 bits per heavy atom. The number of hydrogen-bond acceptors (Lipinski definition) is 3. The van der Waals surface area contributed by atoms with E-state index in [4.69, 9.17) is 9.84 Å². The molecule has 0 saturated heterocycles. The van der Waals surface area contributed by atoms with Gasteiger partial charge in [-0.05, 0) is 27.7 Å². The molecule has 0 atom stereocenters. The van der Waals surface area contributed by atoms with Crippen LogP contribution in [0.4, 0.5) is 4.79 Å². The minimum Gasteiger partial charge on any atom is -0.481 e. The van der Waals surface area contributed by atoms with Gasteiger partial charge >= 0.3 is 12.1 Å². The number of carbonyl (C=O) groups excluding carboxylic acids is 1. The third kappa shape index (κ3) is 6.28. The molecular formula is C9H17NO4. The number of carbonyl (C=O) groups is 2. The number of amides is 1. The van der Waals surface area contributed by atoms with Crippen molar-refractivity contribution in [3.05, 3.63) is 0 Å². The lowest BCUT2D eigenvalue weighted by molar-refractivity contribution is -0.138. The molecule has 0 bridgehead atoms. The van der Waals surface area contributed by atoms with E-state index in [9.17, 15) is 9.59 Å². The summed E-state index contributed by atoms with van der Waals surface area (Å²) in [4.78, 5) is 21.6. The first-order valence-electron chi connectivity index (χ1n) is 4.43. The topological polar surface area (TPSA) is 75.6 Å². The van der Waals surface area contributed by atoms with Gasteiger partial charge in [0.25, 0.3) is 0 Å². The highest BCUT2D eigenvalue weighted by molar-refractivity contribution is 5.72. The molecule has 0 unspecified atom stereocenters. The summed E-state index contributed by atoms with van der Waals surface area (Å²) in [5.74, 6) is -0.958. The van der Waals surface area contributed by atoms with Gasteiger partial charge in [-0.3, -0.25) is 4.79 Å². The number of hydrogen-bond donors (Lipinski definition) is 2. The van der Waals surface area contributed by atoms with Crippen molar-refractivity contribution >= 4 is 12.1 Å². The third-order valence-corrected chi connectivity index (χ3v) is 1.38. The zero-order valence-corrected chi connectivity index (χ0v) is 8.96. The maximum atomic E-state index is 11.1. The van der Waals surface area contributed by atoms with Crippen molar-refractivity contribution in [2.45, 2.75) is 45.8 Å². The molecule has 5 heteroatoms. The second kappa shape index (κ2) is 4.83. The van der Waals surface area contributed by atoms with Crippen LogP contribution >= 0.6 is 0 Å². The lowest BCUT2D eigenvalue weighted by Gasteiger charge is -2.24. The molecule has 0 aliphatic heterocycles. The zero-order valence-electron chi connectivity index (χ0n) is 8.96. The van der Waals surface area contributed by atoms with Crippen molar-refractivity contribution in [2.24, 2.45) is 0 Å². The largest absolute Gasteiger partial charge is 0.481 e. The van der Waals surface area contributed by atoms with E-state index in [1.54, 1.807) is 27.7 Å². The molecule has 82 valence electrons. The molecular weight excluding hydrogens is 186 g/mol. The molecule has 0 rings (SSSR count). The summed E-state index contributed by atoms with van der Waals surface area (Å²) < 4.78 is 4.82. The standard InChI is InChI=1S/C9H17NO4/c1-6(2)14-8(13)10-9(3,4)5-7(11)12/h6H,5H2,1-4H3,(H,10,13)(H,11,12). The lowest BCUT2D eigenvalue weighted by atomic mass is 10.0. The van der Waals surface area contributed by atoms with Gasteiger partial charge in [0.15, 0.2) is 0 Å². The molecule has 0 aliphatic rings. The van der Waals surface area contributed by atoms with E-state index in [0.29, 0.717) is 0 Å². The molecule has 0 spiro atoms. The SMILES string of the molecule is CC(C)OC(=O)NC(C)(C)CC(=O)O. The monoisotopic (exact) mass is 203 g/mol. The van der Waals surface area contributed by atoms with Crippen molar-refractivity contribution in [3.8, 4) is 0 Å². The van der Waals surface area contributed by atoms with Crippen LogP contribution in [0.5, 0.6) is 0 Å². The molecule has 0 aromatic heterocycles. The predicted octanol–water partition coefficient (Wildman–Crippen LogP) is 1.37. The van der Waals surface area contributed by atoms with Gasteiger partial charge < -0.3 is 15.2 Å². The van der Waals surface area contributed by atoms with Gasteiger partial charge in [0, 0.05) is 5.54 Å². The molecule has 0 aromatic carbocycles. The molecule has 0 heterocycles. The summed E-state index contributed by atoms with van der Waals surface area (Å²) in [6.45, 7) is 6.71. The third-order valence-electron chi connectivity index (χ3n) is 1.38. The van der Waals surface area contributed by atoms with Crippen molar-refractivity contribution in [3.63, 3.8) is 0 Å². The smallest absolute Gasteiger partial charge is 0.407 e. The van der Waals surface area contributed by atoms with Gasteiger partial charge in [0.2, 0.25) is 0 Å². The number of carboxylic acids is 1. The molecule has 0 saturated carbocycles. The highest BCUT2D eigenvalue weighted by atomic mass is 16.6. The van der Waals surface area contributed by atoms with Gasteiger partial charge in [-0.1, -0.05) is 0 Å². The first kappa shape index (κ1) is 12.7. The van der Waals surface area contributed by atoms with E-state index in [1.165, 1.54) is 0 Å². The second-order valence-corrected chi connectivity index (χ2v) is 4.03. The maximum absolute atomic E-state index is 11.1. The number of aliphatic carboxylic acids is 1. The van der Waals surface area contributed by atoms with E-state index in [2.05, 4.69) is 5.32 Å². The van der Waals surface area contributed by atoms with Gasteiger partial charge in [0.1, 0.15) is 0 Å². The average molecular weight is 203 g/mol. The van der Waals surface area contributed by atoms with E-state index in [0.717, 1.165) is 0 Å². The van der Waals surface area contributed by atoms with E-state index >= 15 is 0 Å².